The summed E-state index contributed by atoms with van der Waals surface area (Å²) in [6.45, 7) is 0.997. The van der Waals surface area contributed by atoms with Crippen LogP contribution in [-0.2, 0) is 6.42 Å². The van der Waals surface area contributed by atoms with Crippen molar-refractivity contribution in [2.75, 3.05) is 13.6 Å². The predicted octanol–water partition coefficient (Wildman–Crippen LogP) is 3.26. The Morgan fingerprint density at radius 2 is 2.18 bits per heavy atom. The van der Waals surface area contributed by atoms with Crippen molar-refractivity contribution in [2.24, 2.45) is 0 Å². The predicted molar refractivity (Wildman–Crippen MR) is 71.9 cm³/mol. The average Bonchev–Trinajstić information content (AvgIpc) is 2.79. The number of aromatic nitrogens is 1. The van der Waals surface area contributed by atoms with Crippen LogP contribution < -0.4 is 5.32 Å². The molecule has 0 saturated heterocycles. The zero-order chi connectivity index (χ0) is 12.1. The lowest BCUT2D eigenvalue weighted by Gasteiger charge is -1.98. The third-order valence-corrected chi connectivity index (χ3v) is 3.21. The molecule has 1 heterocycles. The highest BCUT2D eigenvalue weighted by atomic mass is 79.9. The maximum atomic E-state index is 5.50. The van der Waals surface area contributed by atoms with E-state index in [1.807, 2.05) is 31.3 Å². The minimum atomic E-state index is 0.678. The summed E-state index contributed by atoms with van der Waals surface area (Å²) in [4.78, 5) is 4.49. The van der Waals surface area contributed by atoms with E-state index in [1.54, 1.807) is 6.26 Å². The summed E-state index contributed by atoms with van der Waals surface area (Å²) in [5, 5.41) is 3.12. The molecule has 0 aliphatic carbocycles. The van der Waals surface area contributed by atoms with Crippen LogP contribution in [0, 0.1) is 0 Å². The van der Waals surface area contributed by atoms with Crippen LogP contribution in [0.2, 0.25) is 0 Å². The first-order valence-corrected chi connectivity index (χ1v) is 6.44. The van der Waals surface area contributed by atoms with Gasteiger partial charge in [-0.15, -0.1) is 0 Å². The molecule has 0 saturated carbocycles. The molecule has 90 valence electrons. The number of nitrogens with zero attached hydrogens (tertiary/aromatic N) is 1. The van der Waals surface area contributed by atoms with E-state index in [0.717, 1.165) is 35.1 Å². The van der Waals surface area contributed by atoms with Gasteiger partial charge in [-0.2, -0.15) is 0 Å². The van der Waals surface area contributed by atoms with Crippen LogP contribution in [0.25, 0.3) is 11.5 Å². The molecule has 2 aromatic rings. The molecular weight excluding hydrogens is 280 g/mol. The summed E-state index contributed by atoms with van der Waals surface area (Å²) in [6.07, 6.45) is 3.75. The highest BCUT2D eigenvalue weighted by molar-refractivity contribution is 9.10. The van der Waals surface area contributed by atoms with Crippen molar-refractivity contribution in [3.05, 3.63) is 40.7 Å². The van der Waals surface area contributed by atoms with Gasteiger partial charge in [-0.05, 0) is 54.5 Å². The van der Waals surface area contributed by atoms with Crippen LogP contribution in [0.5, 0.6) is 0 Å². The van der Waals surface area contributed by atoms with Crippen molar-refractivity contribution in [2.45, 2.75) is 12.8 Å². The van der Waals surface area contributed by atoms with Gasteiger partial charge in [0.15, 0.2) is 0 Å². The molecule has 0 bridgehead atoms. The molecule has 0 aliphatic heterocycles. The second-order valence-electron chi connectivity index (χ2n) is 3.83. The third-order valence-electron chi connectivity index (χ3n) is 2.52. The average molecular weight is 295 g/mol. The molecule has 0 atom stereocenters. The molecule has 2 rings (SSSR count). The Morgan fingerprint density at radius 1 is 1.35 bits per heavy atom. The molecule has 1 aromatic carbocycles. The lowest BCUT2D eigenvalue weighted by atomic mass is 10.2. The van der Waals surface area contributed by atoms with Gasteiger partial charge in [0.05, 0.1) is 11.3 Å². The van der Waals surface area contributed by atoms with Crippen LogP contribution in [0.4, 0.5) is 0 Å². The molecule has 0 amide bonds. The summed E-state index contributed by atoms with van der Waals surface area (Å²) in [5.41, 5.74) is 2.00. The third kappa shape index (κ3) is 3.17. The zero-order valence-corrected chi connectivity index (χ0v) is 11.3. The van der Waals surface area contributed by atoms with E-state index in [0.29, 0.717) is 5.89 Å². The van der Waals surface area contributed by atoms with Gasteiger partial charge in [-0.25, -0.2) is 4.98 Å². The number of oxazole rings is 1. The minimum Gasteiger partial charge on any atom is -0.444 e. The number of hydrogen-bond acceptors (Lipinski definition) is 3. The Kier molecular flexibility index (Phi) is 4.34. The van der Waals surface area contributed by atoms with E-state index in [2.05, 4.69) is 26.2 Å². The van der Waals surface area contributed by atoms with Crippen molar-refractivity contribution in [1.29, 1.82) is 0 Å². The van der Waals surface area contributed by atoms with Crippen LogP contribution in [0.15, 0.2) is 39.4 Å². The molecule has 1 aromatic heterocycles. The number of halogens is 1. The van der Waals surface area contributed by atoms with Crippen molar-refractivity contribution >= 4 is 15.9 Å². The van der Waals surface area contributed by atoms with Gasteiger partial charge in [-0.3, -0.25) is 0 Å². The van der Waals surface area contributed by atoms with Gasteiger partial charge in [0.1, 0.15) is 6.26 Å². The number of nitrogens with one attached hydrogen (secondary N) is 1. The van der Waals surface area contributed by atoms with Crippen LogP contribution >= 0.6 is 15.9 Å². The van der Waals surface area contributed by atoms with Crippen LogP contribution in [-0.4, -0.2) is 18.6 Å². The molecule has 0 unspecified atom stereocenters. The monoisotopic (exact) mass is 294 g/mol. The maximum Gasteiger partial charge on any atom is 0.227 e. The fourth-order valence-corrected chi connectivity index (χ4v) is 2.08. The van der Waals surface area contributed by atoms with Gasteiger partial charge in [0, 0.05) is 4.47 Å². The summed E-state index contributed by atoms with van der Waals surface area (Å²) in [6, 6.07) is 7.93. The molecule has 3 nitrogen and oxygen atoms in total. The first kappa shape index (κ1) is 12.3. The number of hydrogen-bond donors (Lipinski definition) is 1. The molecule has 0 spiro atoms. The Bertz CT molecular complexity index is 482. The van der Waals surface area contributed by atoms with E-state index >= 15 is 0 Å². The van der Waals surface area contributed by atoms with Crippen LogP contribution in [0.3, 0.4) is 0 Å². The first-order valence-electron chi connectivity index (χ1n) is 5.65. The van der Waals surface area contributed by atoms with E-state index in [-0.39, 0.29) is 0 Å². The SMILES string of the molecule is CNCCCc1coc(-c2ccccc2Br)n1. The van der Waals surface area contributed by atoms with Gasteiger partial charge in [0.2, 0.25) is 5.89 Å². The van der Waals surface area contributed by atoms with Crippen molar-refractivity contribution in [3.63, 3.8) is 0 Å². The fraction of sp³-hybridized carbons (Fsp3) is 0.308. The topological polar surface area (TPSA) is 38.1 Å². The summed E-state index contributed by atoms with van der Waals surface area (Å²) in [5.74, 6) is 0.678. The second kappa shape index (κ2) is 5.98. The van der Waals surface area contributed by atoms with Gasteiger partial charge < -0.3 is 9.73 Å². The first-order chi connectivity index (χ1) is 8.31. The molecule has 0 radical (unpaired) electrons. The molecule has 1 N–H and O–H groups in total. The Balaban J connectivity index is 2.10. The Morgan fingerprint density at radius 3 is 2.94 bits per heavy atom. The highest BCUT2D eigenvalue weighted by Crippen LogP contribution is 2.27. The summed E-state index contributed by atoms with van der Waals surface area (Å²) < 4.78 is 6.50. The number of aryl methyl sites for hydroxylation is 1. The normalized spacial score (nSPS) is 10.7. The molecule has 4 heteroatoms. The van der Waals surface area contributed by atoms with E-state index in [1.165, 1.54) is 0 Å². The Labute approximate surface area is 109 Å². The van der Waals surface area contributed by atoms with E-state index < -0.39 is 0 Å². The highest BCUT2D eigenvalue weighted by Gasteiger charge is 2.09. The van der Waals surface area contributed by atoms with Gasteiger partial charge in [-0.1, -0.05) is 12.1 Å². The summed E-state index contributed by atoms with van der Waals surface area (Å²) >= 11 is 3.50. The fourth-order valence-electron chi connectivity index (χ4n) is 1.63. The standard InChI is InChI=1S/C13H15BrN2O/c1-15-8-4-5-10-9-17-13(16-10)11-6-2-3-7-12(11)14/h2-3,6-7,9,15H,4-5,8H2,1H3. The van der Waals surface area contributed by atoms with Crippen molar-refractivity contribution in [1.82, 2.24) is 10.3 Å². The smallest absolute Gasteiger partial charge is 0.227 e. The number of rotatable bonds is 5. The lowest BCUT2D eigenvalue weighted by Crippen LogP contribution is -2.08. The van der Waals surface area contributed by atoms with Crippen molar-refractivity contribution < 1.29 is 4.42 Å². The van der Waals surface area contributed by atoms with Crippen molar-refractivity contribution in [3.8, 4) is 11.5 Å². The molecule has 0 fully saturated rings. The lowest BCUT2D eigenvalue weighted by molar-refractivity contribution is 0.571. The van der Waals surface area contributed by atoms with Crippen LogP contribution in [0.1, 0.15) is 12.1 Å². The van der Waals surface area contributed by atoms with Gasteiger partial charge >= 0.3 is 0 Å². The zero-order valence-electron chi connectivity index (χ0n) is 9.74. The van der Waals surface area contributed by atoms with Gasteiger partial charge in [0.25, 0.3) is 0 Å². The number of benzene rings is 1. The Hall–Kier alpha value is -1.13. The largest absolute Gasteiger partial charge is 0.444 e. The summed E-state index contributed by atoms with van der Waals surface area (Å²) in [7, 11) is 1.95. The quantitative estimate of drug-likeness (QED) is 0.860. The second-order valence-corrected chi connectivity index (χ2v) is 4.69. The molecule has 17 heavy (non-hydrogen) atoms. The van der Waals surface area contributed by atoms with E-state index in [4.69, 9.17) is 4.42 Å². The molecule has 0 aliphatic rings. The molecular formula is C13H15BrN2O. The van der Waals surface area contributed by atoms with E-state index in [9.17, 15) is 0 Å². The maximum absolute atomic E-state index is 5.50. The minimum absolute atomic E-state index is 0.678.